The highest BCUT2D eigenvalue weighted by molar-refractivity contribution is 5.97. The van der Waals surface area contributed by atoms with Crippen LogP contribution in [0.2, 0.25) is 0 Å². The lowest BCUT2D eigenvalue weighted by molar-refractivity contribution is -0.137. The topological polar surface area (TPSA) is 59.8 Å². The molecule has 0 bridgehead atoms. The Kier molecular flexibility index (Phi) is 4.43. The van der Waals surface area contributed by atoms with Gasteiger partial charge in [-0.1, -0.05) is 17.3 Å². The molecule has 0 unspecified atom stereocenters. The molecule has 3 rings (SSSR count). The summed E-state index contributed by atoms with van der Waals surface area (Å²) in [6.07, 6.45) is -4.37. The Bertz CT molecular complexity index is 900. The number of aryl methyl sites for hydroxylation is 1. The number of alkyl halides is 3. The largest absolute Gasteiger partial charge is 0.416 e. The summed E-state index contributed by atoms with van der Waals surface area (Å²) in [6, 6.07) is 9.76. The maximum atomic E-state index is 12.5. The summed E-state index contributed by atoms with van der Waals surface area (Å²) in [4.78, 5) is 12.2. The number of rotatable bonds is 4. The van der Waals surface area contributed by atoms with E-state index in [1.165, 1.54) is 12.1 Å². The van der Waals surface area contributed by atoms with Crippen molar-refractivity contribution in [3.63, 3.8) is 0 Å². The third-order valence-corrected chi connectivity index (χ3v) is 3.81. The highest BCUT2D eigenvalue weighted by Gasteiger charge is 2.29. The molecule has 0 fully saturated rings. The van der Waals surface area contributed by atoms with Gasteiger partial charge < -0.3 is 5.32 Å². The van der Waals surface area contributed by atoms with Crippen LogP contribution in [0.4, 0.5) is 13.2 Å². The molecule has 0 atom stereocenters. The average Bonchev–Trinajstić information content (AvgIpc) is 3.01. The molecule has 0 saturated heterocycles. The van der Waals surface area contributed by atoms with Gasteiger partial charge in [-0.2, -0.15) is 13.2 Å². The first-order valence-electron chi connectivity index (χ1n) is 7.66. The predicted octanol–water partition coefficient (Wildman–Crippen LogP) is 3.40. The Labute approximate surface area is 141 Å². The van der Waals surface area contributed by atoms with Crippen LogP contribution in [0, 0.1) is 0 Å². The van der Waals surface area contributed by atoms with Crippen molar-refractivity contribution in [2.45, 2.75) is 26.2 Å². The Balaban J connectivity index is 1.68. The first-order chi connectivity index (χ1) is 11.9. The number of halogens is 3. The number of carbonyl (C=O) groups is 1. The summed E-state index contributed by atoms with van der Waals surface area (Å²) < 4.78 is 39.3. The first kappa shape index (κ1) is 16.9. The molecule has 0 aliphatic rings. The van der Waals surface area contributed by atoms with Gasteiger partial charge >= 0.3 is 6.18 Å². The number of carbonyl (C=O) groups excluding carboxylic acids is 1. The smallest absolute Gasteiger partial charge is 0.348 e. The van der Waals surface area contributed by atoms with E-state index in [9.17, 15) is 18.0 Å². The minimum Gasteiger partial charge on any atom is -0.348 e. The van der Waals surface area contributed by atoms with Gasteiger partial charge in [0.05, 0.1) is 11.1 Å². The summed E-state index contributed by atoms with van der Waals surface area (Å²) in [7, 11) is 0. The van der Waals surface area contributed by atoms with Gasteiger partial charge in [0.2, 0.25) is 0 Å². The van der Waals surface area contributed by atoms with E-state index in [0.717, 1.165) is 17.6 Å². The van der Waals surface area contributed by atoms with Crippen LogP contribution < -0.4 is 5.32 Å². The van der Waals surface area contributed by atoms with Crippen LogP contribution in [0.1, 0.15) is 28.4 Å². The lowest BCUT2D eigenvalue weighted by Gasteiger charge is -2.09. The third kappa shape index (κ3) is 3.62. The zero-order chi connectivity index (χ0) is 18.0. The second-order valence-electron chi connectivity index (χ2n) is 5.49. The highest BCUT2D eigenvalue weighted by Crippen LogP contribution is 2.29. The maximum absolute atomic E-state index is 12.5. The van der Waals surface area contributed by atoms with Crippen LogP contribution in [-0.4, -0.2) is 20.9 Å². The van der Waals surface area contributed by atoms with Gasteiger partial charge in [-0.25, -0.2) is 4.68 Å². The Morgan fingerprint density at radius 2 is 1.88 bits per heavy atom. The fourth-order valence-electron chi connectivity index (χ4n) is 2.44. The molecule has 2 aromatic carbocycles. The Hall–Kier alpha value is -2.90. The van der Waals surface area contributed by atoms with Gasteiger partial charge in [-0.15, -0.1) is 5.10 Å². The number of hydrogen-bond donors (Lipinski definition) is 1. The fourth-order valence-corrected chi connectivity index (χ4v) is 2.44. The summed E-state index contributed by atoms with van der Waals surface area (Å²) >= 11 is 0. The van der Waals surface area contributed by atoms with E-state index in [2.05, 4.69) is 15.6 Å². The van der Waals surface area contributed by atoms with E-state index >= 15 is 0 Å². The highest BCUT2D eigenvalue weighted by atomic mass is 19.4. The van der Waals surface area contributed by atoms with Gasteiger partial charge in [0, 0.05) is 18.7 Å². The van der Waals surface area contributed by atoms with Crippen molar-refractivity contribution in [1.29, 1.82) is 0 Å². The lowest BCUT2D eigenvalue weighted by Crippen LogP contribution is -2.22. The molecule has 3 aromatic rings. The van der Waals surface area contributed by atoms with E-state index in [1.807, 2.05) is 6.92 Å². The third-order valence-electron chi connectivity index (χ3n) is 3.81. The molecule has 130 valence electrons. The number of benzene rings is 2. The van der Waals surface area contributed by atoms with Crippen molar-refractivity contribution in [2.75, 3.05) is 0 Å². The maximum Gasteiger partial charge on any atom is 0.416 e. The van der Waals surface area contributed by atoms with Gasteiger partial charge in [-0.3, -0.25) is 4.79 Å². The van der Waals surface area contributed by atoms with Crippen molar-refractivity contribution in [3.8, 4) is 0 Å². The summed E-state index contributed by atoms with van der Waals surface area (Å²) in [5, 5.41) is 10.7. The molecule has 5 nitrogen and oxygen atoms in total. The summed E-state index contributed by atoms with van der Waals surface area (Å²) in [6.45, 7) is 2.76. The molecular weight excluding hydrogens is 333 g/mol. The molecule has 1 heterocycles. The predicted molar refractivity (Wildman–Crippen MR) is 85.8 cm³/mol. The van der Waals surface area contributed by atoms with E-state index in [0.29, 0.717) is 23.2 Å². The molecule has 0 aliphatic carbocycles. The van der Waals surface area contributed by atoms with Crippen LogP contribution in [0.15, 0.2) is 42.5 Å². The Morgan fingerprint density at radius 1 is 1.16 bits per heavy atom. The zero-order valence-electron chi connectivity index (χ0n) is 13.3. The summed E-state index contributed by atoms with van der Waals surface area (Å²) in [5.74, 6) is -0.326. The minimum absolute atomic E-state index is 0.136. The van der Waals surface area contributed by atoms with Crippen LogP contribution in [0.5, 0.6) is 0 Å². The van der Waals surface area contributed by atoms with Crippen LogP contribution in [-0.2, 0) is 19.3 Å². The minimum atomic E-state index is -4.37. The molecular formula is C17H15F3N4O. The molecule has 1 aromatic heterocycles. The van der Waals surface area contributed by atoms with Crippen molar-refractivity contribution >= 4 is 16.9 Å². The molecule has 8 heteroatoms. The number of nitrogens with one attached hydrogen (secondary N) is 1. The SMILES string of the molecule is CCn1nnc2cc(C(=O)NCc3ccc(C(F)(F)F)cc3)ccc21. The number of hydrogen-bond acceptors (Lipinski definition) is 3. The average molecular weight is 348 g/mol. The van der Waals surface area contributed by atoms with Crippen molar-refractivity contribution in [1.82, 2.24) is 20.3 Å². The van der Waals surface area contributed by atoms with Gasteiger partial charge in [0.1, 0.15) is 5.52 Å². The first-order valence-corrected chi connectivity index (χ1v) is 7.66. The second-order valence-corrected chi connectivity index (χ2v) is 5.49. The van der Waals surface area contributed by atoms with Crippen molar-refractivity contribution in [2.24, 2.45) is 0 Å². The number of aromatic nitrogens is 3. The molecule has 0 saturated carbocycles. The number of fused-ring (bicyclic) bond motifs is 1. The van der Waals surface area contributed by atoms with Crippen molar-refractivity contribution in [3.05, 3.63) is 59.2 Å². The van der Waals surface area contributed by atoms with Crippen LogP contribution in [0.25, 0.3) is 11.0 Å². The van der Waals surface area contributed by atoms with Gasteiger partial charge in [-0.05, 0) is 42.8 Å². The number of nitrogens with zero attached hydrogens (tertiary/aromatic N) is 3. The number of amides is 1. The van der Waals surface area contributed by atoms with E-state index in [1.54, 1.807) is 22.9 Å². The van der Waals surface area contributed by atoms with Gasteiger partial charge in [0.15, 0.2) is 0 Å². The van der Waals surface area contributed by atoms with E-state index in [4.69, 9.17) is 0 Å². The monoisotopic (exact) mass is 348 g/mol. The lowest BCUT2D eigenvalue weighted by atomic mass is 10.1. The molecule has 1 amide bonds. The second kappa shape index (κ2) is 6.54. The standard InChI is InChI=1S/C17H15F3N4O/c1-2-24-15-8-5-12(9-14(15)22-23-24)16(25)21-10-11-3-6-13(7-4-11)17(18,19)20/h3-9H,2,10H2,1H3,(H,21,25). The van der Waals surface area contributed by atoms with E-state index < -0.39 is 11.7 Å². The summed E-state index contributed by atoms with van der Waals surface area (Å²) in [5.41, 5.74) is 1.74. The van der Waals surface area contributed by atoms with Crippen LogP contribution >= 0.6 is 0 Å². The quantitative estimate of drug-likeness (QED) is 0.786. The normalized spacial score (nSPS) is 11.7. The zero-order valence-corrected chi connectivity index (χ0v) is 13.3. The molecule has 0 spiro atoms. The Morgan fingerprint density at radius 3 is 2.52 bits per heavy atom. The van der Waals surface area contributed by atoms with Gasteiger partial charge in [0.25, 0.3) is 5.91 Å². The molecule has 0 aliphatic heterocycles. The molecule has 25 heavy (non-hydrogen) atoms. The molecule has 0 radical (unpaired) electrons. The van der Waals surface area contributed by atoms with Crippen molar-refractivity contribution < 1.29 is 18.0 Å². The molecule has 1 N–H and O–H groups in total. The fraction of sp³-hybridized carbons (Fsp3) is 0.235. The van der Waals surface area contributed by atoms with Crippen LogP contribution in [0.3, 0.4) is 0 Å². The van der Waals surface area contributed by atoms with E-state index in [-0.39, 0.29) is 12.5 Å².